The van der Waals surface area contributed by atoms with Crippen LogP contribution in [-0.4, -0.2) is 35.0 Å². The molecule has 1 aromatic carbocycles. The number of carboxylic acid groups (broad SMARTS) is 1. The van der Waals surface area contributed by atoms with Crippen LogP contribution in [0.25, 0.3) is 0 Å². The first-order chi connectivity index (χ1) is 9.97. The molecule has 0 aliphatic carbocycles. The number of benzene rings is 1. The van der Waals surface area contributed by atoms with E-state index in [1.54, 1.807) is 12.1 Å². The van der Waals surface area contributed by atoms with Gasteiger partial charge in [0.2, 0.25) is 5.91 Å². The van der Waals surface area contributed by atoms with E-state index < -0.39 is 17.3 Å². The summed E-state index contributed by atoms with van der Waals surface area (Å²) in [6, 6.07) is 7.18. The van der Waals surface area contributed by atoms with Crippen molar-refractivity contribution in [1.82, 2.24) is 4.90 Å². The number of hydrogen-bond donors (Lipinski definition) is 2. The number of carbonyl (C=O) groups is 2. The van der Waals surface area contributed by atoms with Crippen LogP contribution in [0.2, 0.25) is 0 Å². The van der Waals surface area contributed by atoms with Crippen LogP contribution in [0.15, 0.2) is 24.3 Å². The lowest BCUT2D eigenvalue weighted by molar-refractivity contribution is -0.148. The first-order valence-electron chi connectivity index (χ1n) is 7.31. The quantitative estimate of drug-likeness (QED) is 0.837. The Balaban J connectivity index is 2.01. The molecule has 0 bridgehead atoms. The van der Waals surface area contributed by atoms with Crippen molar-refractivity contribution < 1.29 is 14.7 Å². The summed E-state index contributed by atoms with van der Waals surface area (Å²) in [6.07, 6.45) is 2.31. The highest BCUT2D eigenvalue weighted by Gasteiger charge is 2.43. The zero-order valence-corrected chi connectivity index (χ0v) is 12.3. The van der Waals surface area contributed by atoms with Gasteiger partial charge in [0.15, 0.2) is 0 Å². The monoisotopic (exact) mass is 290 g/mol. The summed E-state index contributed by atoms with van der Waals surface area (Å²) >= 11 is 0. The second-order valence-corrected chi connectivity index (χ2v) is 5.86. The average Bonchev–Trinajstić information content (AvgIpc) is 2.84. The molecule has 114 valence electrons. The number of primary amides is 1. The number of rotatable bonds is 6. The maximum atomic E-state index is 11.6. The van der Waals surface area contributed by atoms with Gasteiger partial charge in [-0.15, -0.1) is 0 Å². The Kier molecular flexibility index (Phi) is 4.63. The molecule has 1 amide bonds. The standard InChI is InChI=1S/C16H22N2O3/c1-2-7-16(15(20)21)8-9-18(11-16)10-12-3-5-13(6-4-12)14(17)19/h3-6H,2,7-11H2,1H3,(H2,17,19)(H,20,21). The van der Waals surface area contributed by atoms with E-state index in [2.05, 4.69) is 4.90 Å². The summed E-state index contributed by atoms with van der Waals surface area (Å²) in [6.45, 7) is 4.12. The molecular weight excluding hydrogens is 268 g/mol. The van der Waals surface area contributed by atoms with Crippen molar-refractivity contribution in [2.75, 3.05) is 13.1 Å². The van der Waals surface area contributed by atoms with E-state index in [9.17, 15) is 14.7 Å². The number of likely N-dealkylation sites (tertiary alicyclic amines) is 1. The molecule has 0 spiro atoms. The second kappa shape index (κ2) is 6.26. The lowest BCUT2D eigenvalue weighted by Crippen LogP contribution is -2.34. The fraction of sp³-hybridized carbons (Fsp3) is 0.500. The zero-order valence-electron chi connectivity index (χ0n) is 12.3. The Labute approximate surface area is 124 Å². The molecule has 0 aromatic heterocycles. The molecular formula is C16H22N2O3. The lowest BCUT2D eigenvalue weighted by Gasteiger charge is -2.24. The van der Waals surface area contributed by atoms with Gasteiger partial charge >= 0.3 is 5.97 Å². The Morgan fingerprint density at radius 3 is 2.52 bits per heavy atom. The van der Waals surface area contributed by atoms with Gasteiger partial charge in [0.05, 0.1) is 5.41 Å². The molecule has 1 saturated heterocycles. The maximum absolute atomic E-state index is 11.6. The van der Waals surface area contributed by atoms with E-state index in [0.29, 0.717) is 25.1 Å². The highest BCUT2D eigenvalue weighted by atomic mass is 16.4. The molecule has 1 atom stereocenters. The Bertz CT molecular complexity index is 527. The number of nitrogens with zero attached hydrogens (tertiary/aromatic N) is 1. The van der Waals surface area contributed by atoms with Crippen LogP contribution in [-0.2, 0) is 11.3 Å². The molecule has 5 nitrogen and oxygen atoms in total. The van der Waals surface area contributed by atoms with Gasteiger partial charge < -0.3 is 10.8 Å². The smallest absolute Gasteiger partial charge is 0.310 e. The van der Waals surface area contributed by atoms with E-state index in [4.69, 9.17) is 5.73 Å². The summed E-state index contributed by atoms with van der Waals surface area (Å²) in [4.78, 5) is 24.8. The van der Waals surface area contributed by atoms with Crippen LogP contribution in [0.5, 0.6) is 0 Å². The van der Waals surface area contributed by atoms with E-state index in [-0.39, 0.29) is 0 Å². The van der Waals surface area contributed by atoms with Crippen molar-refractivity contribution in [3.05, 3.63) is 35.4 Å². The summed E-state index contributed by atoms with van der Waals surface area (Å²) in [7, 11) is 0. The Morgan fingerprint density at radius 1 is 1.33 bits per heavy atom. The zero-order chi connectivity index (χ0) is 15.5. The van der Waals surface area contributed by atoms with Gasteiger partial charge in [-0.05, 0) is 37.1 Å². The minimum absolute atomic E-state index is 0.435. The maximum Gasteiger partial charge on any atom is 0.310 e. The predicted octanol–water partition coefficient (Wildman–Crippen LogP) is 1.86. The third-order valence-corrected chi connectivity index (χ3v) is 4.26. The number of aliphatic carboxylic acids is 1. The van der Waals surface area contributed by atoms with Gasteiger partial charge in [0.25, 0.3) is 0 Å². The average molecular weight is 290 g/mol. The van der Waals surface area contributed by atoms with Crippen molar-refractivity contribution >= 4 is 11.9 Å². The van der Waals surface area contributed by atoms with E-state index in [0.717, 1.165) is 24.9 Å². The van der Waals surface area contributed by atoms with Gasteiger partial charge in [0, 0.05) is 18.7 Å². The molecule has 1 heterocycles. The van der Waals surface area contributed by atoms with Gasteiger partial charge in [-0.25, -0.2) is 0 Å². The third-order valence-electron chi connectivity index (χ3n) is 4.26. The molecule has 1 aromatic rings. The van der Waals surface area contributed by atoms with E-state index in [1.165, 1.54) is 0 Å². The minimum atomic E-state index is -0.684. The summed E-state index contributed by atoms with van der Waals surface area (Å²) in [5.74, 6) is -1.12. The molecule has 21 heavy (non-hydrogen) atoms. The first kappa shape index (κ1) is 15.5. The van der Waals surface area contributed by atoms with Crippen LogP contribution in [0.4, 0.5) is 0 Å². The molecule has 1 fully saturated rings. The van der Waals surface area contributed by atoms with Crippen LogP contribution in [0, 0.1) is 5.41 Å². The van der Waals surface area contributed by atoms with Crippen molar-refractivity contribution in [3.8, 4) is 0 Å². The summed E-state index contributed by atoms with van der Waals surface area (Å²) < 4.78 is 0. The van der Waals surface area contributed by atoms with Crippen LogP contribution >= 0.6 is 0 Å². The van der Waals surface area contributed by atoms with Gasteiger partial charge in [-0.1, -0.05) is 25.5 Å². The lowest BCUT2D eigenvalue weighted by atomic mass is 9.83. The minimum Gasteiger partial charge on any atom is -0.481 e. The van der Waals surface area contributed by atoms with E-state index >= 15 is 0 Å². The van der Waals surface area contributed by atoms with Crippen molar-refractivity contribution in [3.63, 3.8) is 0 Å². The number of carboxylic acids is 1. The second-order valence-electron chi connectivity index (χ2n) is 5.86. The Morgan fingerprint density at radius 2 is 2.00 bits per heavy atom. The van der Waals surface area contributed by atoms with Crippen LogP contribution < -0.4 is 5.73 Å². The number of nitrogens with two attached hydrogens (primary N) is 1. The highest BCUT2D eigenvalue weighted by molar-refractivity contribution is 5.92. The topological polar surface area (TPSA) is 83.6 Å². The van der Waals surface area contributed by atoms with Crippen LogP contribution in [0.1, 0.15) is 42.1 Å². The van der Waals surface area contributed by atoms with E-state index in [1.807, 2.05) is 19.1 Å². The molecule has 1 aliphatic rings. The van der Waals surface area contributed by atoms with Crippen LogP contribution in [0.3, 0.4) is 0 Å². The van der Waals surface area contributed by atoms with Crippen molar-refractivity contribution in [2.24, 2.45) is 11.1 Å². The highest BCUT2D eigenvalue weighted by Crippen LogP contribution is 2.36. The molecule has 1 aliphatic heterocycles. The molecule has 3 N–H and O–H groups in total. The first-order valence-corrected chi connectivity index (χ1v) is 7.31. The van der Waals surface area contributed by atoms with Gasteiger partial charge in [0.1, 0.15) is 0 Å². The van der Waals surface area contributed by atoms with Gasteiger partial charge in [-0.3, -0.25) is 14.5 Å². The molecule has 0 radical (unpaired) electrons. The SMILES string of the molecule is CCCC1(C(=O)O)CCN(Cc2ccc(C(N)=O)cc2)C1. The molecule has 2 rings (SSSR count). The third kappa shape index (κ3) is 3.42. The molecule has 0 saturated carbocycles. The number of hydrogen-bond acceptors (Lipinski definition) is 3. The predicted molar refractivity (Wildman–Crippen MR) is 79.8 cm³/mol. The number of carbonyl (C=O) groups excluding carboxylic acids is 1. The Hall–Kier alpha value is -1.88. The fourth-order valence-electron chi connectivity index (χ4n) is 3.09. The largest absolute Gasteiger partial charge is 0.481 e. The normalized spacial score (nSPS) is 22.3. The van der Waals surface area contributed by atoms with Crippen molar-refractivity contribution in [2.45, 2.75) is 32.7 Å². The van der Waals surface area contributed by atoms with Crippen molar-refractivity contribution in [1.29, 1.82) is 0 Å². The summed E-state index contributed by atoms with van der Waals surface area (Å²) in [5, 5.41) is 9.50. The van der Waals surface area contributed by atoms with Gasteiger partial charge in [-0.2, -0.15) is 0 Å². The fourth-order valence-corrected chi connectivity index (χ4v) is 3.09. The number of amides is 1. The molecule has 1 unspecified atom stereocenters. The molecule has 5 heteroatoms. The summed E-state index contributed by atoms with van der Waals surface area (Å²) in [5.41, 5.74) is 6.18.